The predicted molar refractivity (Wildman–Crippen MR) is 130 cm³/mol. The van der Waals surface area contributed by atoms with E-state index in [2.05, 4.69) is 0 Å². The smallest absolute Gasteiger partial charge is 0.411 e. The minimum atomic E-state index is -1.14. The summed E-state index contributed by atoms with van der Waals surface area (Å²) in [6.07, 6.45) is -0.792. The third kappa shape index (κ3) is 4.52. The number of benzene rings is 3. The summed E-state index contributed by atoms with van der Waals surface area (Å²) in [6, 6.07) is 17.5. The number of halogens is 1. The van der Waals surface area contributed by atoms with Gasteiger partial charge in [-0.25, -0.2) is 14.0 Å². The van der Waals surface area contributed by atoms with Crippen molar-refractivity contribution in [2.24, 2.45) is 0 Å². The van der Waals surface area contributed by atoms with Gasteiger partial charge in [0.05, 0.1) is 25.3 Å². The van der Waals surface area contributed by atoms with E-state index in [0.29, 0.717) is 5.56 Å². The van der Waals surface area contributed by atoms with Gasteiger partial charge in [0.1, 0.15) is 11.9 Å². The zero-order chi connectivity index (χ0) is 25.8. The van der Waals surface area contributed by atoms with E-state index in [9.17, 15) is 14.0 Å². The van der Waals surface area contributed by atoms with E-state index < -0.39 is 35.8 Å². The summed E-state index contributed by atoms with van der Waals surface area (Å²) in [4.78, 5) is 27.9. The first-order chi connectivity index (χ1) is 17.4. The topological polar surface area (TPSA) is 112 Å². The lowest BCUT2D eigenvalue weighted by Gasteiger charge is -2.35. The van der Waals surface area contributed by atoms with Crippen LogP contribution in [0.1, 0.15) is 35.2 Å². The van der Waals surface area contributed by atoms with Crippen LogP contribution in [0.4, 0.5) is 9.18 Å². The van der Waals surface area contributed by atoms with Crippen LogP contribution in [0.25, 0.3) is 11.1 Å². The first kappa shape index (κ1) is 24.9. The molecule has 186 valence electrons. The molecule has 1 amide bonds. The molecule has 0 saturated carbocycles. The van der Waals surface area contributed by atoms with Crippen LogP contribution in [0.2, 0.25) is 0 Å². The first-order valence-electron chi connectivity index (χ1n) is 11.4. The molecule has 0 heterocycles. The van der Waals surface area contributed by atoms with Gasteiger partial charge >= 0.3 is 12.1 Å². The third-order valence-corrected chi connectivity index (χ3v) is 6.20. The van der Waals surface area contributed by atoms with Crippen molar-refractivity contribution in [1.82, 2.24) is 10.4 Å². The van der Waals surface area contributed by atoms with Crippen molar-refractivity contribution in [1.29, 1.82) is 5.41 Å². The lowest BCUT2D eigenvalue weighted by molar-refractivity contribution is -0.149. The highest BCUT2D eigenvalue weighted by molar-refractivity contribution is 5.95. The summed E-state index contributed by atoms with van der Waals surface area (Å²) < 4.78 is 25.2. The first-order valence-corrected chi connectivity index (χ1v) is 11.4. The molecule has 3 aromatic carbocycles. The van der Waals surface area contributed by atoms with Gasteiger partial charge in [-0.1, -0.05) is 54.6 Å². The molecule has 0 saturated heterocycles. The number of nitrogens with zero attached hydrogens (tertiary/aromatic N) is 1. The van der Waals surface area contributed by atoms with Crippen molar-refractivity contribution in [2.75, 3.05) is 13.7 Å². The Balaban J connectivity index is 1.82. The molecule has 3 aromatic rings. The van der Waals surface area contributed by atoms with Crippen molar-refractivity contribution in [2.45, 2.75) is 25.4 Å². The Hall–Kier alpha value is -4.24. The van der Waals surface area contributed by atoms with E-state index in [-0.39, 0.29) is 18.6 Å². The number of amides is 1. The van der Waals surface area contributed by atoms with Gasteiger partial charge in [0.2, 0.25) is 0 Å². The Kier molecular flexibility index (Phi) is 7.30. The lowest BCUT2D eigenvalue weighted by atomic mass is 9.97. The largest absolute Gasteiger partial charge is 0.464 e. The average molecular weight is 492 g/mol. The van der Waals surface area contributed by atoms with Gasteiger partial charge in [0, 0.05) is 6.42 Å². The quantitative estimate of drug-likeness (QED) is 0.195. The van der Waals surface area contributed by atoms with E-state index in [1.165, 1.54) is 30.2 Å². The van der Waals surface area contributed by atoms with Crippen LogP contribution < -0.4 is 5.48 Å². The molecule has 0 spiro atoms. The molecule has 1 unspecified atom stereocenters. The van der Waals surface area contributed by atoms with Gasteiger partial charge in [-0.15, -0.1) is 0 Å². The summed E-state index contributed by atoms with van der Waals surface area (Å²) in [5, 5.41) is 16.6. The number of amidine groups is 1. The Morgan fingerprint density at radius 1 is 1.08 bits per heavy atom. The van der Waals surface area contributed by atoms with E-state index >= 15 is 0 Å². The fourth-order valence-electron chi connectivity index (χ4n) is 4.65. The minimum absolute atomic E-state index is 0.0636. The molecular formula is C27H26FN3O5. The number of nitrogens with one attached hydrogen (secondary N) is 2. The number of hydroxylamine groups is 1. The van der Waals surface area contributed by atoms with Gasteiger partial charge in [-0.05, 0) is 46.9 Å². The number of esters is 1. The summed E-state index contributed by atoms with van der Waals surface area (Å²) >= 11 is 0. The molecule has 0 aromatic heterocycles. The Morgan fingerprint density at radius 2 is 1.69 bits per heavy atom. The second-order valence-corrected chi connectivity index (χ2v) is 8.23. The fraction of sp³-hybridized carbons (Fsp3) is 0.222. The number of fused-ring (bicyclic) bond motifs is 3. The average Bonchev–Trinajstić information content (AvgIpc) is 3.22. The zero-order valence-electron chi connectivity index (χ0n) is 19.8. The summed E-state index contributed by atoms with van der Waals surface area (Å²) in [6.45, 7) is 1.76. The predicted octanol–water partition coefficient (Wildman–Crippen LogP) is 4.44. The van der Waals surface area contributed by atoms with Crippen LogP contribution in [0.15, 0.2) is 66.7 Å². The lowest BCUT2D eigenvalue weighted by Crippen LogP contribution is -2.49. The van der Waals surface area contributed by atoms with E-state index in [1.807, 2.05) is 48.5 Å². The molecule has 1 aliphatic carbocycles. The molecular weight excluding hydrogens is 465 g/mol. The van der Waals surface area contributed by atoms with E-state index in [1.54, 1.807) is 12.4 Å². The normalized spacial score (nSPS) is 12.8. The summed E-state index contributed by atoms with van der Waals surface area (Å²) in [5.74, 6) is -1.92. The maximum absolute atomic E-state index is 14.7. The minimum Gasteiger partial charge on any atom is -0.464 e. The molecule has 1 aliphatic rings. The Bertz CT molecular complexity index is 1270. The molecule has 0 aliphatic heterocycles. The standard InChI is InChI=1S/C27H26FN3O5/c1-3-36-26(32)23(15-16-12-13-21(22(28)14-16)25(29)30-34)31(27(33)35-2)24-19-10-6-4-8-17(19)18-9-5-7-11-20(18)24/h4-14,23-24,34H,3,15H2,1-2H3,(H2,29,30). The van der Waals surface area contributed by atoms with Crippen LogP contribution in [0.3, 0.4) is 0 Å². The second kappa shape index (κ2) is 10.6. The molecule has 3 N–H and O–H groups in total. The molecule has 9 heteroatoms. The van der Waals surface area contributed by atoms with Crippen molar-refractivity contribution < 1.29 is 28.7 Å². The highest BCUT2D eigenvalue weighted by Gasteiger charge is 2.42. The maximum atomic E-state index is 14.7. The van der Waals surface area contributed by atoms with E-state index in [4.69, 9.17) is 20.1 Å². The summed E-state index contributed by atoms with van der Waals surface area (Å²) in [7, 11) is 1.24. The number of hydrogen-bond acceptors (Lipinski definition) is 6. The SMILES string of the molecule is CCOC(=O)C(Cc1ccc(C(=N)NO)c(F)c1)N(C(=O)OC)C1c2ccccc2-c2ccccc21. The molecule has 0 fully saturated rings. The van der Waals surface area contributed by atoms with Gasteiger partial charge in [-0.3, -0.25) is 21.0 Å². The van der Waals surface area contributed by atoms with Crippen LogP contribution in [-0.4, -0.2) is 47.8 Å². The molecule has 36 heavy (non-hydrogen) atoms. The highest BCUT2D eigenvalue weighted by atomic mass is 19.1. The Morgan fingerprint density at radius 3 is 2.22 bits per heavy atom. The van der Waals surface area contributed by atoms with Gasteiger partial charge in [-0.2, -0.15) is 0 Å². The molecule has 0 radical (unpaired) electrons. The van der Waals surface area contributed by atoms with Crippen LogP contribution in [0.5, 0.6) is 0 Å². The van der Waals surface area contributed by atoms with Gasteiger partial charge in [0.15, 0.2) is 5.84 Å². The van der Waals surface area contributed by atoms with E-state index in [0.717, 1.165) is 22.3 Å². The van der Waals surface area contributed by atoms with Gasteiger partial charge < -0.3 is 9.47 Å². The second-order valence-electron chi connectivity index (χ2n) is 8.23. The number of rotatable bonds is 7. The monoisotopic (exact) mass is 491 g/mol. The molecule has 4 rings (SSSR count). The maximum Gasteiger partial charge on any atom is 0.411 e. The third-order valence-electron chi connectivity index (χ3n) is 6.20. The number of carbonyl (C=O) groups excluding carboxylic acids is 2. The summed E-state index contributed by atoms with van der Waals surface area (Å²) in [5.41, 5.74) is 5.43. The molecule has 1 atom stereocenters. The van der Waals surface area contributed by atoms with Crippen LogP contribution in [-0.2, 0) is 20.7 Å². The number of methoxy groups -OCH3 is 1. The Labute approximate surface area is 207 Å². The molecule has 0 bridgehead atoms. The fourth-order valence-corrected chi connectivity index (χ4v) is 4.65. The zero-order valence-corrected chi connectivity index (χ0v) is 19.8. The number of hydrogen-bond donors (Lipinski definition) is 3. The van der Waals surface area contributed by atoms with Crippen LogP contribution >= 0.6 is 0 Å². The van der Waals surface area contributed by atoms with Crippen molar-refractivity contribution in [3.05, 3.63) is 94.8 Å². The highest BCUT2D eigenvalue weighted by Crippen LogP contribution is 2.47. The van der Waals surface area contributed by atoms with Crippen LogP contribution in [0, 0.1) is 11.2 Å². The number of ether oxygens (including phenoxy) is 2. The van der Waals surface area contributed by atoms with Crippen molar-refractivity contribution >= 4 is 17.9 Å². The number of carbonyl (C=O) groups is 2. The van der Waals surface area contributed by atoms with Gasteiger partial charge in [0.25, 0.3) is 0 Å². The van der Waals surface area contributed by atoms with Crippen molar-refractivity contribution in [3.63, 3.8) is 0 Å². The van der Waals surface area contributed by atoms with Crippen molar-refractivity contribution in [3.8, 4) is 11.1 Å². The molecule has 8 nitrogen and oxygen atoms in total.